The summed E-state index contributed by atoms with van der Waals surface area (Å²) in [7, 11) is 0. The highest BCUT2D eigenvalue weighted by molar-refractivity contribution is 6.02. The summed E-state index contributed by atoms with van der Waals surface area (Å²) in [6.45, 7) is 6.45. The fourth-order valence-corrected chi connectivity index (χ4v) is 9.14. The Morgan fingerprint density at radius 1 is 0.222 bits per heavy atom. The predicted octanol–water partition coefficient (Wildman–Crippen LogP) is 17.4. The average Bonchev–Trinajstić information content (AvgIpc) is 3.63. The normalized spacial score (nSPS) is 11.9. The lowest BCUT2D eigenvalue weighted by Gasteiger charge is -2.12. The first-order valence-corrected chi connectivity index (χ1v) is 21.9. The summed E-state index contributed by atoms with van der Waals surface area (Å²) in [4.78, 5) is 0. The Hall–Kier alpha value is -7.80. The Labute approximate surface area is 372 Å². The molecule has 6 aliphatic rings. The first kappa shape index (κ1) is 39.3. The van der Waals surface area contributed by atoms with Crippen LogP contribution in [0.2, 0.25) is 0 Å². The number of hydrogen-bond acceptors (Lipinski definition) is 0. The zero-order valence-corrected chi connectivity index (χ0v) is 36.0. The fourth-order valence-electron chi connectivity index (χ4n) is 9.14. The second-order valence-electron chi connectivity index (χ2n) is 16.8. The highest BCUT2D eigenvalue weighted by Crippen LogP contribution is 2.47. The second kappa shape index (κ2) is 17.3. The highest BCUT2D eigenvalue weighted by Gasteiger charge is 2.22. The summed E-state index contributed by atoms with van der Waals surface area (Å²) in [5.74, 6) is 0. The minimum atomic E-state index is 1.19. The Morgan fingerprint density at radius 3 is 0.794 bits per heavy atom. The molecule has 0 aromatic heterocycles. The van der Waals surface area contributed by atoms with Gasteiger partial charge in [0.2, 0.25) is 0 Å². The molecule has 0 heteroatoms. The van der Waals surface area contributed by atoms with E-state index >= 15 is 0 Å². The lowest BCUT2D eigenvalue weighted by molar-refractivity contribution is 1.46. The van der Waals surface area contributed by atoms with Crippen molar-refractivity contribution in [1.82, 2.24) is 0 Å². The van der Waals surface area contributed by atoms with Crippen molar-refractivity contribution in [1.29, 1.82) is 0 Å². The Bertz CT molecular complexity index is 2900. The first-order chi connectivity index (χ1) is 30.9. The van der Waals surface area contributed by atoms with E-state index in [9.17, 15) is 0 Å². The minimum absolute atomic E-state index is 1.19. The van der Waals surface area contributed by atoms with Gasteiger partial charge < -0.3 is 0 Å². The number of hydrogen-bond donors (Lipinski definition) is 0. The third kappa shape index (κ3) is 8.32. The van der Waals surface area contributed by atoms with Crippen molar-refractivity contribution < 1.29 is 0 Å². The summed E-state index contributed by atoms with van der Waals surface area (Å²) < 4.78 is 0. The molecule has 0 spiro atoms. The Kier molecular flexibility index (Phi) is 10.8. The molecule has 0 saturated carbocycles. The number of benzene rings is 4. The second-order valence-corrected chi connectivity index (χ2v) is 16.8. The van der Waals surface area contributed by atoms with E-state index in [4.69, 9.17) is 0 Å². The summed E-state index contributed by atoms with van der Waals surface area (Å²) in [6.07, 6.45) is 13.6. The first-order valence-electron chi connectivity index (χ1n) is 21.9. The van der Waals surface area contributed by atoms with Gasteiger partial charge in [0.1, 0.15) is 0 Å². The quantitative estimate of drug-likeness (QED) is 0.136. The molecule has 0 unspecified atom stereocenters. The standard InChI is InChI=1S/C63H48/c1-43-16-13-19-46(34-43)28-31-49-40-61(58-25-10-4-7-22-55(49)58)52-37-53(62-41-50(56-23-8-5-11-26-59(56)62)32-29-47-20-14-17-44(2)35-47)39-54(38-52)63-42-51(57-24-9-6-12-27-60(57)63)33-30-48-21-15-18-45(3)36-48/h4-42H,1-3H3/b31-28+,32-29+,33-30+. The number of aryl methyl sites for hydroxylation is 3. The lowest BCUT2D eigenvalue weighted by atomic mass is 9.91. The maximum absolute atomic E-state index is 2.42. The summed E-state index contributed by atoms with van der Waals surface area (Å²) in [5, 5.41) is 0. The molecule has 0 amide bonds. The van der Waals surface area contributed by atoms with Crippen LogP contribution in [0.15, 0.2) is 200 Å². The molecule has 4 aromatic carbocycles. The smallest absolute Gasteiger partial charge is 0.00986 e. The molecule has 0 atom stereocenters. The van der Waals surface area contributed by atoms with Crippen molar-refractivity contribution in [3.63, 3.8) is 0 Å². The van der Waals surface area contributed by atoms with Crippen molar-refractivity contribution in [3.05, 3.63) is 250 Å². The van der Waals surface area contributed by atoms with Crippen LogP contribution in [0.25, 0.3) is 103 Å². The van der Waals surface area contributed by atoms with Crippen molar-refractivity contribution in [2.45, 2.75) is 20.8 Å². The molecule has 63 heavy (non-hydrogen) atoms. The van der Waals surface area contributed by atoms with E-state index in [1.807, 2.05) is 0 Å². The largest absolute Gasteiger partial charge is 0.0622 e. The molecule has 0 heterocycles. The van der Waals surface area contributed by atoms with Gasteiger partial charge in [-0.1, -0.05) is 217 Å². The van der Waals surface area contributed by atoms with Gasteiger partial charge in [-0.15, -0.1) is 0 Å². The highest BCUT2D eigenvalue weighted by atomic mass is 14.3. The Balaban J connectivity index is 1.19. The van der Waals surface area contributed by atoms with Gasteiger partial charge in [0.25, 0.3) is 0 Å². The molecular weight excluding hydrogens is 757 g/mol. The van der Waals surface area contributed by atoms with E-state index in [1.54, 1.807) is 0 Å². The molecule has 6 aliphatic carbocycles. The van der Waals surface area contributed by atoms with Crippen LogP contribution in [-0.2, 0) is 0 Å². The summed E-state index contributed by atoms with van der Waals surface area (Å²) in [6, 6.07) is 73.4. The zero-order chi connectivity index (χ0) is 42.7. The van der Waals surface area contributed by atoms with Crippen molar-refractivity contribution in [3.8, 4) is 66.8 Å². The van der Waals surface area contributed by atoms with Crippen LogP contribution in [0.4, 0.5) is 0 Å². The topological polar surface area (TPSA) is 0 Å². The molecule has 0 radical (unpaired) electrons. The SMILES string of the molecule is Cc1cccc(/C=C/c2cc(-c3cc(-c4cc(/C=C/c5cccc(C)c5)c5cccccc4-5)cc(-c4cc(/C=C/c5cccc(C)c5)c5cccccc4-5)c3)c3cccccc2-3)c1. The molecule has 0 N–H and O–H groups in total. The lowest BCUT2D eigenvalue weighted by Crippen LogP contribution is -1.86. The molecule has 0 nitrogen and oxygen atoms in total. The van der Waals surface area contributed by atoms with Crippen LogP contribution in [0.5, 0.6) is 0 Å². The molecular formula is C63H48. The van der Waals surface area contributed by atoms with E-state index in [1.165, 1.54) is 117 Å². The van der Waals surface area contributed by atoms with E-state index in [-0.39, 0.29) is 0 Å². The maximum atomic E-state index is 2.42. The molecule has 0 saturated heterocycles. The van der Waals surface area contributed by atoms with E-state index < -0.39 is 0 Å². The van der Waals surface area contributed by atoms with Crippen LogP contribution < -0.4 is 0 Å². The van der Waals surface area contributed by atoms with Gasteiger partial charge in [0.15, 0.2) is 0 Å². The monoisotopic (exact) mass is 804 g/mol. The van der Waals surface area contributed by atoms with Crippen molar-refractivity contribution in [2.75, 3.05) is 0 Å². The van der Waals surface area contributed by atoms with Gasteiger partial charge in [0.05, 0.1) is 0 Å². The van der Waals surface area contributed by atoms with Crippen molar-refractivity contribution in [2.24, 2.45) is 0 Å². The van der Waals surface area contributed by atoms with Crippen LogP contribution in [0.1, 0.15) is 50.1 Å². The summed E-state index contributed by atoms with van der Waals surface area (Å²) in [5.41, 5.74) is 25.6. The minimum Gasteiger partial charge on any atom is -0.0622 e. The van der Waals surface area contributed by atoms with Crippen LogP contribution in [-0.4, -0.2) is 0 Å². The van der Waals surface area contributed by atoms with Gasteiger partial charge >= 0.3 is 0 Å². The Morgan fingerprint density at radius 2 is 0.508 bits per heavy atom. The van der Waals surface area contributed by atoms with Crippen LogP contribution >= 0.6 is 0 Å². The van der Waals surface area contributed by atoms with Gasteiger partial charge in [-0.3, -0.25) is 0 Å². The number of rotatable bonds is 9. The molecule has 300 valence electrons. The molecule has 10 rings (SSSR count). The van der Waals surface area contributed by atoms with E-state index in [0.717, 1.165) is 0 Å². The third-order valence-corrected chi connectivity index (χ3v) is 12.2. The van der Waals surface area contributed by atoms with Gasteiger partial charge in [-0.25, -0.2) is 0 Å². The maximum Gasteiger partial charge on any atom is -0.00986 e. The molecule has 4 aromatic rings. The van der Waals surface area contributed by atoms with E-state index in [2.05, 4.69) is 257 Å². The van der Waals surface area contributed by atoms with Gasteiger partial charge in [-0.2, -0.15) is 0 Å². The zero-order valence-electron chi connectivity index (χ0n) is 36.0. The van der Waals surface area contributed by atoms with Crippen LogP contribution in [0.3, 0.4) is 0 Å². The summed E-state index contributed by atoms with van der Waals surface area (Å²) >= 11 is 0. The predicted molar refractivity (Wildman–Crippen MR) is 273 cm³/mol. The molecule has 0 aliphatic heterocycles. The van der Waals surface area contributed by atoms with Gasteiger partial charge in [0, 0.05) is 0 Å². The number of fused-ring (bicyclic) bond motifs is 3. The third-order valence-electron chi connectivity index (χ3n) is 12.2. The van der Waals surface area contributed by atoms with Crippen molar-refractivity contribution >= 4 is 36.5 Å². The van der Waals surface area contributed by atoms with Gasteiger partial charge in [-0.05, 0) is 157 Å². The molecule has 0 fully saturated rings. The molecule has 0 bridgehead atoms. The average molecular weight is 805 g/mol. The van der Waals surface area contributed by atoms with Crippen LogP contribution in [0, 0.1) is 20.8 Å². The fraction of sp³-hybridized carbons (Fsp3) is 0.0476. The van der Waals surface area contributed by atoms with E-state index in [0.29, 0.717) is 0 Å².